The molecule has 1 heterocycles. The minimum absolute atomic E-state index is 0.0561. The van der Waals surface area contributed by atoms with Crippen molar-refractivity contribution in [3.63, 3.8) is 0 Å². The van der Waals surface area contributed by atoms with E-state index in [0.29, 0.717) is 35.1 Å². The van der Waals surface area contributed by atoms with Gasteiger partial charge in [0.25, 0.3) is 10.0 Å². The summed E-state index contributed by atoms with van der Waals surface area (Å²) in [6, 6.07) is 7.36. The Labute approximate surface area is 264 Å². The number of ether oxygens (including phenoxy) is 2. The van der Waals surface area contributed by atoms with E-state index < -0.39 is 25.1 Å². The third kappa shape index (κ3) is 6.01. The first-order valence-electron chi connectivity index (χ1n) is 13.3. The van der Waals surface area contributed by atoms with Crippen LogP contribution in [0.1, 0.15) is 24.8 Å². The SMILES string of the molecule is COc1ccc(CN(c2nccs2)S(=O)(=O)c2cc(Cl)c(N[C@H]3C[C@H]4CC(Cl)(Cl)[C@H]4C[C@@H]3N(C)C)cc2F)c(OC)c1. The van der Waals surface area contributed by atoms with Gasteiger partial charge in [0.1, 0.15) is 26.5 Å². The van der Waals surface area contributed by atoms with Gasteiger partial charge in [-0.05, 0) is 69.5 Å². The second kappa shape index (κ2) is 12.2. The van der Waals surface area contributed by atoms with E-state index in [1.807, 2.05) is 14.1 Å². The van der Waals surface area contributed by atoms with Crippen LogP contribution in [0.2, 0.25) is 5.02 Å². The molecule has 0 spiro atoms. The molecule has 42 heavy (non-hydrogen) atoms. The van der Waals surface area contributed by atoms with Crippen LogP contribution in [0, 0.1) is 17.7 Å². The lowest BCUT2D eigenvalue weighted by Gasteiger charge is -2.55. The standard InChI is InChI=1S/C28H32Cl3FN4O4S2/c1-35(2)24-11-19-17(14-28(19,30)31)9-23(24)34-22-13-21(32)26(12-20(22)29)42(37,38)36(27-33-7-8-41-27)15-16-5-6-18(39-3)10-25(16)40-4/h5-8,10,12-13,17,19,23-24,34H,9,11,14-15H2,1-4H3/t17-,19-,23-,24-/m0/s1. The maximum atomic E-state index is 15.8. The van der Waals surface area contributed by atoms with Crippen molar-refractivity contribution < 1.29 is 22.3 Å². The van der Waals surface area contributed by atoms with E-state index in [4.69, 9.17) is 44.3 Å². The summed E-state index contributed by atoms with van der Waals surface area (Å²) in [4.78, 5) is 5.74. The largest absolute Gasteiger partial charge is 0.497 e. The molecule has 2 aliphatic rings. The van der Waals surface area contributed by atoms with Gasteiger partial charge in [-0.1, -0.05) is 11.6 Å². The Hall–Kier alpha value is -2.02. The van der Waals surface area contributed by atoms with Crippen LogP contribution < -0.4 is 19.1 Å². The van der Waals surface area contributed by atoms with Gasteiger partial charge in [-0.2, -0.15) is 0 Å². The molecule has 228 valence electrons. The second-order valence-corrected chi connectivity index (χ2v) is 15.5. The Kier molecular flexibility index (Phi) is 9.10. The van der Waals surface area contributed by atoms with Gasteiger partial charge in [-0.25, -0.2) is 22.1 Å². The van der Waals surface area contributed by atoms with Crippen LogP contribution in [0.4, 0.5) is 15.2 Å². The van der Waals surface area contributed by atoms with E-state index in [1.54, 1.807) is 23.6 Å². The van der Waals surface area contributed by atoms with Crippen molar-refractivity contribution in [1.82, 2.24) is 9.88 Å². The molecule has 2 aliphatic carbocycles. The quantitative estimate of drug-likeness (QED) is 0.240. The fourth-order valence-electron chi connectivity index (χ4n) is 5.96. The summed E-state index contributed by atoms with van der Waals surface area (Å²) in [5.41, 5.74) is 0.865. The molecule has 8 nitrogen and oxygen atoms in total. The van der Waals surface area contributed by atoms with Crippen molar-refractivity contribution in [2.45, 2.75) is 47.1 Å². The lowest BCUT2D eigenvalue weighted by molar-refractivity contribution is 0.0407. The number of anilines is 2. The van der Waals surface area contributed by atoms with E-state index in [-0.39, 0.29) is 34.7 Å². The number of likely N-dealkylation sites (N-methyl/N-ethyl adjacent to an activating group) is 1. The average molecular weight is 678 g/mol. The highest BCUT2D eigenvalue weighted by molar-refractivity contribution is 7.93. The fraction of sp³-hybridized carbons (Fsp3) is 0.464. The summed E-state index contributed by atoms with van der Waals surface area (Å²) in [5.74, 6) is 0.573. The Morgan fingerprint density at radius 3 is 2.55 bits per heavy atom. The number of nitrogens with one attached hydrogen (secondary N) is 1. The minimum atomic E-state index is -4.44. The van der Waals surface area contributed by atoms with Gasteiger partial charge in [0.2, 0.25) is 0 Å². The maximum Gasteiger partial charge on any atom is 0.269 e. The molecule has 0 amide bonds. The number of thiazole rings is 1. The van der Waals surface area contributed by atoms with Crippen molar-refractivity contribution in [1.29, 1.82) is 0 Å². The zero-order valence-electron chi connectivity index (χ0n) is 23.5. The summed E-state index contributed by atoms with van der Waals surface area (Å²) < 4.78 is 54.8. The Balaban J connectivity index is 1.45. The van der Waals surface area contributed by atoms with Gasteiger partial charge in [0.15, 0.2) is 5.13 Å². The number of alkyl halides is 2. The average Bonchev–Trinajstić information content (AvgIpc) is 3.47. The summed E-state index contributed by atoms with van der Waals surface area (Å²) >= 11 is 20.7. The second-order valence-electron chi connectivity index (χ2n) is 10.9. The molecule has 2 aromatic carbocycles. The number of methoxy groups -OCH3 is 2. The monoisotopic (exact) mass is 676 g/mol. The van der Waals surface area contributed by atoms with Crippen molar-refractivity contribution in [3.8, 4) is 11.5 Å². The summed E-state index contributed by atoms with van der Waals surface area (Å²) in [6.45, 7) is -0.155. The first kappa shape index (κ1) is 31.4. The van der Waals surface area contributed by atoms with Gasteiger partial charge in [-0.15, -0.1) is 34.5 Å². The van der Waals surface area contributed by atoms with Crippen LogP contribution in [0.25, 0.3) is 0 Å². The van der Waals surface area contributed by atoms with E-state index in [2.05, 4.69) is 15.2 Å². The van der Waals surface area contributed by atoms with Gasteiger partial charge < -0.3 is 19.7 Å². The summed E-state index contributed by atoms with van der Waals surface area (Å²) in [6.07, 6.45) is 3.76. The molecule has 0 unspecified atom stereocenters. The first-order valence-corrected chi connectivity index (χ1v) is 16.7. The number of rotatable bonds is 10. The van der Waals surface area contributed by atoms with Crippen LogP contribution >= 0.6 is 46.1 Å². The minimum Gasteiger partial charge on any atom is -0.497 e. The molecule has 5 rings (SSSR count). The number of hydrogen-bond acceptors (Lipinski definition) is 8. The highest BCUT2D eigenvalue weighted by Gasteiger charge is 2.56. The third-order valence-corrected chi connectivity index (χ3v) is 12.0. The van der Waals surface area contributed by atoms with Crippen LogP contribution in [-0.4, -0.2) is 63.0 Å². The lowest BCUT2D eigenvalue weighted by atomic mass is 9.61. The van der Waals surface area contributed by atoms with E-state index in [0.717, 1.165) is 40.6 Å². The van der Waals surface area contributed by atoms with Gasteiger partial charge >= 0.3 is 0 Å². The van der Waals surface area contributed by atoms with E-state index in [9.17, 15) is 8.42 Å². The van der Waals surface area contributed by atoms with Crippen LogP contribution in [-0.2, 0) is 16.6 Å². The van der Waals surface area contributed by atoms with Gasteiger partial charge in [0, 0.05) is 35.3 Å². The summed E-state index contributed by atoms with van der Waals surface area (Å²) in [7, 11) is 2.52. The van der Waals surface area contributed by atoms with Crippen molar-refractivity contribution in [2.75, 3.05) is 37.9 Å². The van der Waals surface area contributed by atoms with E-state index in [1.165, 1.54) is 20.4 Å². The lowest BCUT2D eigenvalue weighted by Crippen LogP contribution is -2.59. The molecule has 0 bridgehead atoms. The molecule has 14 heteroatoms. The molecule has 0 saturated heterocycles. The highest BCUT2D eigenvalue weighted by Crippen LogP contribution is 2.58. The molecule has 4 atom stereocenters. The van der Waals surface area contributed by atoms with Crippen molar-refractivity contribution in [3.05, 3.63) is 58.3 Å². The van der Waals surface area contributed by atoms with E-state index >= 15 is 4.39 Å². The Bertz CT molecular complexity index is 1540. The number of benzene rings is 2. The highest BCUT2D eigenvalue weighted by atomic mass is 35.5. The van der Waals surface area contributed by atoms with Crippen LogP contribution in [0.3, 0.4) is 0 Å². The topological polar surface area (TPSA) is 84.0 Å². The fourth-order valence-corrected chi connectivity index (χ4v) is 9.52. The number of fused-ring (bicyclic) bond motifs is 1. The number of hydrogen-bond donors (Lipinski definition) is 1. The number of halogens is 4. The summed E-state index contributed by atoms with van der Waals surface area (Å²) in [5, 5.41) is 5.30. The number of aromatic nitrogens is 1. The Morgan fingerprint density at radius 2 is 1.93 bits per heavy atom. The molecule has 1 N–H and O–H groups in total. The van der Waals surface area contributed by atoms with Crippen molar-refractivity contribution >= 4 is 67.0 Å². The predicted molar refractivity (Wildman–Crippen MR) is 167 cm³/mol. The molecular formula is C28H32Cl3FN4O4S2. The normalized spacial score (nSPS) is 23.2. The Morgan fingerprint density at radius 1 is 1.17 bits per heavy atom. The van der Waals surface area contributed by atoms with Crippen LogP contribution in [0.15, 0.2) is 46.8 Å². The maximum absolute atomic E-state index is 15.8. The molecule has 0 aliphatic heterocycles. The molecule has 1 aromatic heterocycles. The van der Waals surface area contributed by atoms with Crippen molar-refractivity contribution in [2.24, 2.45) is 11.8 Å². The zero-order chi connectivity index (χ0) is 30.4. The van der Waals surface area contributed by atoms with Gasteiger partial charge in [-0.3, -0.25) is 0 Å². The molecule has 0 radical (unpaired) electrons. The predicted octanol–water partition coefficient (Wildman–Crippen LogP) is 6.66. The van der Waals surface area contributed by atoms with Gasteiger partial charge in [0.05, 0.1) is 31.5 Å². The number of nitrogens with zero attached hydrogens (tertiary/aromatic N) is 3. The first-order chi connectivity index (χ1) is 19.8. The van der Waals surface area contributed by atoms with Crippen LogP contribution in [0.5, 0.6) is 11.5 Å². The smallest absolute Gasteiger partial charge is 0.269 e. The third-order valence-electron chi connectivity index (χ3n) is 8.20. The zero-order valence-corrected chi connectivity index (χ0v) is 27.4. The molecule has 3 aromatic rings. The number of sulfonamides is 1. The molecular weight excluding hydrogens is 646 g/mol. The molecule has 2 saturated carbocycles. The molecule has 2 fully saturated rings.